The molecule has 0 bridgehead atoms. The first-order chi connectivity index (χ1) is 22.7. The number of hydrogen-bond acceptors (Lipinski definition) is 12. The number of methoxy groups -OCH3 is 1. The van der Waals surface area contributed by atoms with Gasteiger partial charge in [-0.2, -0.15) is 0 Å². The SMILES string of the molecule is COc1cc(OCCC(C)(O)COC(=O)CN(C)/C(C)=C(/C)OC[C@@](C)(O)CCOc2ccc3ccc(=O)oc3c2)ccc1/C=C\C=O. The Bertz CT molecular complexity index is 1660. The van der Waals surface area contributed by atoms with Crippen LogP contribution >= 0.6 is 0 Å². The van der Waals surface area contributed by atoms with E-state index in [1.807, 2.05) is 0 Å². The third-order valence-electron chi connectivity index (χ3n) is 7.56. The minimum atomic E-state index is -1.33. The molecule has 2 aromatic carbocycles. The third kappa shape index (κ3) is 12.1. The quantitative estimate of drug-likeness (QED) is 0.0608. The molecule has 2 atom stereocenters. The fourth-order valence-corrected chi connectivity index (χ4v) is 4.35. The molecule has 260 valence electrons. The van der Waals surface area contributed by atoms with Gasteiger partial charge in [-0.05, 0) is 70.2 Å². The number of carbonyl (C=O) groups is 2. The van der Waals surface area contributed by atoms with E-state index in [4.69, 9.17) is 28.1 Å². The minimum absolute atomic E-state index is 0.0104. The number of esters is 1. The zero-order valence-electron chi connectivity index (χ0n) is 28.3. The molecule has 0 spiro atoms. The Morgan fingerprint density at radius 2 is 1.52 bits per heavy atom. The van der Waals surface area contributed by atoms with Crippen molar-refractivity contribution >= 4 is 29.3 Å². The maximum atomic E-state index is 12.6. The zero-order valence-corrected chi connectivity index (χ0v) is 28.3. The summed E-state index contributed by atoms with van der Waals surface area (Å²) in [6.45, 7) is 6.76. The van der Waals surface area contributed by atoms with Crippen molar-refractivity contribution in [3.05, 3.63) is 82.0 Å². The lowest BCUT2D eigenvalue weighted by Gasteiger charge is -2.27. The number of ether oxygens (including phenoxy) is 5. The molecule has 0 saturated carbocycles. The van der Waals surface area contributed by atoms with Crippen molar-refractivity contribution in [1.82, 2.24) is 4.90 Å². The summed E-state index contributed by atoms with van der Waals surface area (Å²) in [5.74, 6) is 1.55. The molecule has 48 heavy (non-hydrogen) atoms. The van der Waals surface area contributed by atoms with Crippen LogP contribution in [-0.2, 0) is 19.1 Å². The minimum Gasteiger partial charge on any atom is -0.496 e. The highest BCUT2D eigenvalue weighted by atomic mass is 16.5. The van der Waals surface area contributed by atoms with E-state index in [9.17, 15) is 24.6 Å². The summed E-state index contributed by atoms with van der Waals surface area (Å²) in [5.41, 5.74) is -1.17. The Hall–Kier alpha value is -4.81. The van der Waals surface area contributed by atoms with Gasteiger partial charge in [0, 0.05) is 54.7 Å². The van der Waals surface area contributed by atoms with Gasteiger partial charge in [0.2, 0.25) is 0 Å². The second-order valence-electron chi connectivity index (χ2n) is 12.0. The monoisotopic (exact) mass is 667 g/mol. The van der Waals surface area contributed by atoms with Gasteiger partial charge in [-0.3, -0.25) is 9.59 Å². The lowest BCUT2D eigenvalue weighted by atomic mass is 10.0. The van der Waals surface area contributed by atoms with E-state index in [1.165, 1.54) is 19.3 Å². The molecule has 0 radical (unpaired) electrons. The van der Waals surface area contributed by atoms with Gasteiger partial charge in [0.15, 0.2) is 0 Å². The lowest BCUT2D eigenvalue weighted by Crippen LogP contribution is -2.36. The predicted octanol–water partition coefficient (Wildman–Crippen LogP) is 4.50. The van der Waals surface area contributed by atoms with Crippen molar-refractivity contribution in [2.24, 2.45) is 0 Å². The molecular weight excluding hydrogens is 622 g/mol. The Morgan fingerprint density at radius 3 is 2.17 bits per heavy atom. The van der Waals surface area contributed by atoms with Gasteiger partial charge in [-0.1, -0.05) is 0 Å². The Balaban J connectivity index is 1.39. The largest absolute Gasteiger partial charge is 0.496 e. The van der Waals surface area contributed by atoms with Crippen molar-refractivity contribution in [2.45, 2.75) is 51.7 Å². The number of aldehydes is 1. The van der Waals surface area contributed by atoms with E-state index in [0.717, 1.165) is 10.9 Å². The molecule has 1 heterocycles. The summed E-state index contributed by atoms with van der Waals surface area (Å²) in [6, 6.07) is 13.4. The van der Waals surface area contributed by atoms with Crippen molar-refractivity contribution in [1.29, 1.82) is 0 Å². The van der Waals surface area contributed by atoms with Crippen LogP contribution in [0.2, 0.25) is 0 Å². The van der Waals surface area contributed by atoms with Crippen molar-refractivity contribution in [3.8, 4) is 17.2 Å². The second-order valence-corrected chi connectivity index (χ2v) is 12.0. The molecule has 1 unspecified atom stereocenters. The van der Waals surface area contributed by atoms with Crippen molar-refractivity contribution in [3.63, 3.8) is 0 Å². The first kappa shape index (κ1) is 37.6. The maximum absolute atomic E-state index is 12.6. The topological polar surface area (TPSA) is 154 Å². The molecule has 3 aromatic rings. The number of carbonyl (C=O) groups excluding carboxylic acids is 2. The molecule has 0 aliphatic carbocycles. The normalized spacial score (nSPS) is 14.4. The van der Waals surface area contributed by atoms with Gasteiger partial charge in [0.1, 0.15) is 54.6 Å². The highest BCUT2D eigenvalue weighted by Gasteiger charge is 2.25. The average Bonchev–Trinajstić information content (AvgIpc) is 3.05. The predicted molar refractivity (Wildman–Crippen MR) is 180 cm³/mol. The standard InChI is InChI=1S/C36H45NO11/c1-25(26(2)46-23-35(3,41)15-18-45-30-13-10-28-11-14-33(39)48-32(28)21-30)37(5)22-34(40)47-24-36(4,42)16-19-44-29-12-9-27(8-7-17-38)31(20-29)43-6/h7-14,17,20-21,41-42H,15-16,18-19,22-24H2,1-6H3/b8-7-,26-25-/t35-,36?/m0/s1. The smallest absolute Gasteiger partial charge is 0.336 e. The van der Waals surface area contributed by atoms with E-state index >= 15 is 0 Å². The van der Waals surface area contributed by atoms with Crippen molar-refractivity contribution < 1.29 is 47.9 Å². The fraction of sp³-hybridized carbons (Fsp3) is 0.417. The molecule has 0 aliphatic heterocycles. The number of hydrogen-bond donors (Lipinski definition) is 2. The molecule has 0 aliphatic rings. The second kappa shape index (κ2) is 17.4. The van der Waals surface area contributed by atoms with Crippen LogP contribution in [0.4, 0.5) is 0 Å². The molecule has 1 aromatic heterocycles. The molecule has 3 rings (SSSR count). The van der Waals surface area contributed by atoms with E-state index in [2.05, 4.69) is 0 Å². The average molecular weight is 668 g/mol. The molecule has 0 amide bonds. The summed E-state index contributed by atoms with van der Waals surface area (Å²) in [7, 11) is 3.23. The van der Waals surface area contributed by atoms with E-state index in [0.29, 0.717) is 40.6 Å². The van der Waals surface area contributed by atoms with Gasteiger partial charge in [-0.15, -0.1) is 0 Å². The summed E-state index contributed by atoms with van der Waals surface area (Å²) in [5, 5.41) is 22.3. The number of nitrogens with zero attached hydrogens (tertiary/aromatic N) is 1. The van der Waals surface area contributed by atoms with Crippen LogP contribution in [0.3, 0.4) is 0 Å². The van der Waals surface area contributed by atoms with E-state index in [-0.39, 0.29) is 45.8 Å². The molecule has 12 nitrogen and oxygen atoms in total. The van der Waals surface area contributed by atoms with Crippen LogP contribution in [0.1, 0.15) is 46.1 Å². The number of aliphatic hydroxyl groups is 2. The molecule has 2 N–H and O–H groups in total. The van der Waals surface area contributed by atoms with Crippen LogP contribution in [0.15, 0.2) is 75.3 Å². The maximum Gasteiger partial charge on any atom is 0.336 e. The molecule has 0 fully saturated rings. The lowest BCUT2D eigenvalue weighted by molar-refractivity contribution is -0.151. The number of rotatable bonds is 19. The first-order valence-electron chi connectivity index (χ1n) is 15.4. The summed E-state index contributed by atoms with van der Waals surface area (Å²) in [6.07, 6.45) is 4.14. The Morgan fingerprint density at radius 1 is 0.917 bits per heavy atom. The van der Waals surface area contributed by atoms with E-state index in [1.54, 1.807) is 88.2 Å². The third-order valence-corrected chi connectivity index (χ3v) is 7.56. The number of fused-ring (bicyclic) bond motifs is 1. The summed E-state index contributed by atoms with van der Waals surface area (Å²) < 4.78 is 33.2. The van der Waals surface area contributed by atoms with Crippen LogP contribution < -0.4 is 19.8 Å². The first-order valence-corrected chi connectivity index (χ1v) is 15.4. The van der Waals surface area contributed by atoms with Crippen molar-refractivity contribution in [2.75, 3.05) is 47.1 Å². The van der Waals surface area contributed by atoms with E-state index < -0.39 is 22.8 Å². The summed E-state index contributed by atoms with van der Waals surface area (Å²) in [4.78, 5) is 36.3. The zero-order chi connectivity index (χ0) is 35.3. The molecule has 12 heteroatoms. The van der Waals surface area contributed by atoms with Crippen LogP contribution in [0, 0.1) is 0 Å². The molecule has 0 saturated heterocycles. The van der Waals surface area contributed by atoms with Crippen LogP contribution in [-0.4, -0.2) is 85.7 Å². The Kier molecular flexibility index (Phi) is 13.6. The van der Waals surface area contributed by atoms with Crippen LogP contribution in [0.5, 0.6) is 17.2 Å². The number of benzene rings is 2. The van der Waals surface area contributed by atoms with Gasteiger partial charge in [0.05, 0.1) is 31.5 Å². The summed E-state index contributed by atoms with van der Waals surface area (Å²) >= 11 is 0. The number of likely N-dealkylation sites (N-methyl/N-ethyl adjacent to an activating group) is 1. The highest BCUT2D eigenvalue weighted by molar-refractivity contribution is 5.78. The van der Waals surface area contributed by atoms with Gasteiger partial charge in [-0.25, -0.2) is 4.79 Å². The number of allylic oxidation sites excluding steroid dienone is 3. The fourth-order valence-electron chi connectivity index (χ4n) is 4.35. The molecular formula is C36H45NO11. The Labute approximate surface area is 280 Å². The van der Waals surface area contributed by atoms with Gasteiger partial charge in [0.25, 0.3) is 0 Å². The van der Waals surface area contributed by atoms with Gasteiger partial charge < -0.3 is 43.2 Å². The highest BCUT2D eigenvalue weighted by Crippen LogP contribution is 2.26. The van der Waals surface area contributed by atoms with Crippen LogP contribution in [0.25, 0.3) is 17.0 Å². The van der Waals surface area contributed by atoms with Gasteiger partial charge >= 0.3 is 11.6 Å².